The molecule has 6 nitrogen and oxygen atoms in total. The highest BCUT2D eigenvalue weighted by atomic mass is 16.6. The van der Waals surface area contributed by atoms with Gasteiger partial charge in [0.1, 0.15) is 11.2 Å². The fourth-order valence-corrected chi connectivity index (χ4v) is 4.34. The Bertz CT molecular complexity index is 769. The zero-order valence-corrected chi connectivity index (χ0v) is 12.6. The molecule has 3 saturated heterocycles. The molecule has 0 radical (unpaired) electrons. The van der Waals surface area contributed by atoms with E-state index in [0.717, 1.165) is 18.2 Å². The number of nitrogens with one attached hydrogen (secondary N) is 1. The number of fused-ring (bicyclic) bond motifs is 1. The smallest absolute Gasteiger partial charge is 0.287 e. The molecule has 23 heavy (non-hydrogen) atoms. The van der Waals surface area contributed by atoms with Crippen LogP contribution >= 0.6 is 0 Å². The number of carbonyl (C=O) groups is 1. The predicted octanol–water partition coefficient (Wildman–Crippen LogP) is 1.19. The van der Waals surface area contributed by atoms with Gasteiger partial charge in [-0.1, -0.05) is 18.2 Å². The maximum Gasteiger partial charge on any atom is 0.287 e. The Balaban J connectivity index is 1.44. The van der Waals surface area contributed by atoms with Crippen LogP contribution in [0.2, 0.25) is 0 Å². The molecule has 1 aliphatic carbocycles. The molecule has 0 atom stereocenters. The number of hydrogen-bond donors (Lipinski definition) is 2. The second-order valence-corrected chi connectivity index (χ2v) is 7.01. The number of benzene rings is 1. The third-order valence-electron chi connectivity index (χ3n) is 5.58. The fourth-order valence-electron chi connectivity index (χ4n) is 4.34. The molecule has 3 aliphatic heterocycles. The molecule has 0 unspecified atom stereocenters. The highest BCUT2D eigenvalue weighted by Crippen LogP contribution is 2.62. The SMILES string of the molecule is NCC12CC(NC(=O)c3cc4ccccc4o3)(C1)C1(COC1)O2. The highest BCUT2D eigenvalue weighted by Gasteiger charge is 2.77. The number of ether oxygens (including phenoxy) is 2. The predicted molar refractivity (Wildman–Crippen MR) is 82.1 cm³/mol. The number of para-hydroxylation sites is 1. The third kappa shape index (κ3) is 1.60. The summed E-state index contributed by atoms with van der Waals surface area (Å²) in [6.45, 7) is 1.49. The van der Waals surface area contributed by atoms with Crippen LogP contribution in [0.25, 0.3) is 11.0 Å². The van der Waals surface area contributed by atoms with Crippen LogP contribution in [0.5, 0.6) is 0 Å². The van der Waals surface area contributed by atoms with E-state index in [0.29, 0.717) is 31.1 Å². The minimum atomic E-state index is -0.423. The van der Waals surface area contributed by atoms with E-state index in [4.69, 9.17) is 19.6 Å². The van der Waals surface area contributed by atoms with Crippen molar-refractivity contribution in [1.82, 2.24) is 5.32 Å². The molecule has 1 spiro atoms. The van der Waals surface area contributed by atoms with Gasteiger partial charge in [-0.15, -0.1) is 0 Å². The zero-order valence-electron chi connectivity index (χ0n) is 12.6. The van der Waals surface area contributed by atoms with Gasteiger partial charge in [0.05, 0.1) is 24.4 Å². The summed E-state index contributed by atoms with van der Waals surface area (Å²) >= 11 is 0. The standard InChI is InChI=1S/C17H18N2O4/c18-8-15-6-16(7-15,17(23-15)9-21-10-17)19-14(20)13-5-11-3-1-2-4-12(11)22-13/h1-5H,6-10,18H2,(H,19,20). The van der Waals surface area contributed by atoms with Crippen LogP contribution < -0.4 is 11.1 Å². The molecule has 6 rings (SSSR count). The lowest BCUT2D eigenvalue weighted by atomic mass is 9.61. The van der Waals surface area contributed by atoms with Gasteiger partial charge >= 0.3 is 0 Å². The third-order valence-corrected chi connectivity index (χ3v) is 5.58. The summed E-state index contributed by atoms with van der Waals surface area (Å²) in [4.78, 5) is 12.7. The average molecular weight is 314 g/mol. The lowest BCUT2D eigenvalue weighted by Crippen LogP contribution is -2.72. The molecule has 120 valence electrons. The minimum Gasteiger partial charge on any atom is -0.451 e. The van der Waals surface area contributed by atoms with Crippen LogP contribution in [0.4, 0.5) is 0 Å². The molecule has 4 heterocycles. The number of amides is 1. The van der Waals surface area contributed by atoms with Crippen LogP contribution in [-0.4, -0.2) is 42.4 Å². The molecule has 2 aromatic rings. The van der Waals surface area contributed by atoms with Crippen molar-refractivity contribution in [3.8, 4) is 0 Å². The largest absolute Gasteiger partial charge is 0.451 e. The summed E-state index contributed by atoms with van der Waals surface area (Å²) < 4.78 is 17.2. The first kappa shape index (κ1) is 13.5. The Labute approximate surface area is 132 Å². The molecule has 6 heteroatoms. The molecule has 1 aromatic heterocycles. The number of hydrogen-bond acceptors (Lipinski definition) is 5. The Morgan fingerprint density at radius 3 is 2.70 bits per heavy atom. The van der Waals surface area contributed by atoms with Crippen LogP contribution in [-0.2, 0) is 9.47 Å². The molecular weight excluding hydrogens is 296 g/mol. The first-order chi connectivity index (χ1) is 11.1. The molecule has 1 amide bonds. The van der Waals surface area contributed by atoms with Gasteiger partial charge in [0.15, 0.2) is 5.76 Å². The Hall–Kier alpha value is -1.89. The molecule has 1 saturated carbocycles. The van der Waals surface area contributed by atoms with Crippen molar-refractivity contribution < 1.29 is 18.7 Å². The van der Waals surface area contributed by atoms with Crippen molar-refractivity contribution in [3.05, 3.63) is 36.1 Å². The Morgan fingerprint density at radius 1 is 1.26 bits per heavy atom. The minimum absolute atomic E-state index is 0.205. The first-order valence-corrected chi connectivity index (χ1v) is 7.89. The Morgan fingerprint density at radius 2 is 2.04 bits per heavy atom. The summed E-state index contributed by atoms with van der Waals surface area (Å²) in [5, 5.41) is 4.08. The van der Waals surface area contributed by atoms with Crippen LogP contribution in [0, 0.1) is 0 Å². The molecule has 2 bridgehead atoms. The molecule has 1 aromatic carbocycles. The summed E-state index contributed by atoms with van der Waals surface area (Å²) in [5.74, 6) is 0.122. The van der Waals surface area contributed by atoms with Gasteiger partial charge in [0, 0.05) is 24.8 Å². The van der Waals surface area contributed by atoms with E-state index in [1.165, 1.54) is 0 Å². The van der Waals surface area contributed by atoms with Crippen molar-refractivity contribution in [3.63, 3.8) is 0 Å². The van der Waals surface area contributed by atoms with E-state index in [2.05, 4.69) is 5.32 Å². The summed E-state index contributed by atoms with van der Waals surface area (Å²) in [6, 6.07) is 9.37. The number of furan rings is 1. The van der Waals surface area contributed by atoms with Gasteiger partial charge in [-0.3, -0.25) is 4.79 Å². The molecular formula is C17H18N2O4. The van der Waals surface area contributed by atoms with Gasteiger partial charge in [0.2, 0.25) is 0 Å². The fraction of sp³-hybridized carbons (Fsp3) is 0.471. The van der Waals surface area contributed by atoms with Crippen LogP contribution in [0.15, 0.2) is 34.7 Å². The molecule has 3 N–H and O–H groups in total. The first-order valence-electron chi connectivity index (χ1n) is 7.89. The van der Waals surface area contributed by atoms with Crippen molar-refractivity contribution in [1.29, 1.82) is 0 Å². The van der Waals surface area contributed by atoms with Crippen molar-refractivity contribution in [2.75, 3.05) is 19.8 Å². The van der Waals surface area contributed by atoms with E-state index in [1.54, 1.807) is 6.07 Å². The lowest BCUT2D eigenvalue weighted by molar-refractivity contribution is -0.206. The Kier molecular flexibility index (Phi) is 2.44. The average Bonchev–Trinajstić information content (AvgIpc) is 3.11. The summed E-state index contributed by atoms with van der Waals surface area (Å²) in [7, 11) is 0. The monoisotopic (exact) mass is 314 g/mol. The van der Waals surface area contributed by atoms with Crippen LogP contribution in [0.3, 0.4) is 0 Å². The van der Waals surface area contributed by atoms with E-state index >= 15 is 0 Å². The van der Waals surface area contributed by atoms with Crippen molar-refractivity contribution >= 4 is 16.9 Å². The maximum atomic E-state index is 12.7. The molecule has 4 fully saturated rings. The van der Waals surface area contributed by atoms with Gasteiger partial charge in [-0.2, -0.15) is 0 Å². The lowest BCUT2D eigenvalue weighted by Gasteiger charge is -2.50. The summed E-state index contributed by atoms with van der Waals surface area (Å²) in [5.41, 5.74) is 5.46. The topological polar surface area (TPSA) is 86.7 Å². The number of carbonyl (C=O) groups excluding carboxylic acids is 1. The van der Waals surface area contributed by atoms with Crippen molar-refractivity contribution in [2.45, 2.75) is 29.6 Å². The quantitative estimate of drug-likeness (QED) is 0.889. The van der Waals surface area contributed by atoms with E-state index in [9.17, 15) is 4.79 Å². The second kappa shape index (κ2) is 4.14. The highest BCUT2D eigenvalue weighted by molar-refractivity contribution is 5.96. The van der Waals surface area contributed by atoms with Gasteiger partial charge in [0.25, 0.3) is 5.91 Å². The number of nitrogens with two attached hydrogens (primary N) is 1. The van der Waals surface area contributed by atoms with Gasteiger partial charge < -0.3 is 24.9 Å². The van der Waals surface area contributed by atoms with Crippen LogP contribution in [0.1, 0.15) is 23.4 Å². The normalized spacial score (nSPS) is 33.4. The van der Waals surface area contributed by atoms with E-state index < -0.39 is 5.60 Å². The molecule has 4 aliphatic rings. The maximum absolute atomic E-state index is 12.7. The van der Waals surface area contributed by atoms with E-state index in [1.807, 2.05) is 24.3 Å². The van der Waals surface area contributed by atoms with Crippen molar-refractivity contribution in [2.24, 2.45) is 5.73 Å². The zero-order chi connectivity index (χ0) is 15.7. The van der Waals surface area contributed by atoms with Gasteiger partial charge in [-0.05, 0) is 12.1 Å². The van der Waals surface area contributed by atoms with Gasteiger partial charge in [-0.25, -0.2) is 0 Å². The number of rotatable bonds is 3. The summed E-state index contributed by atoms with van der Waals surface area (Å²) in [6.07, 6.45) is 1.48. The second-order valence-electron chi connectivity index (χ2n) is 7.01. The van der Waals surface area contributed by atoms with E-state index in [-0.39, 0.29) is 17.0 Å².